The molecule has 1 aliphatic heterocycles. The van der Waals surface area contributed by atoms with Crippen molar-refractivity contribution in [1.82, 2.24) is 0 Å². The molecule has 6 rings (SSSR count). The number of imide groups is 1. The number of fused-ring (bicyclic) bond motifs is 5. The second kappa shape index (κ2) is 9.58. The van der Waals surface area contributed by atoms with Gasteiger partial charge in [0.05, 0.1) is 31.7 Å². The van der Waals surface area contributed by atoms with E-state index in [1.54, 1.807) is 38.5 Å². The van der Waals surface area contributed by atoms with Gasteiger partial charge in [-0.3, -0.25) is 14.4 Å². The van der Waals surface area contributed by atoms with E-state index in [0.717, 1.165) is 33.8 Å². The molecule has 2 aliphatic carbocycles. The van der Waals surface area contributed by atoms with Crippen LogP contribution >= 0.6 is 0 Å². The predicted molar refractivity (Wildman–Crippen MR) is 145 cm³/mol. The number of carbonyl (C=O) groups excluding carboxylic acids is 3. The zero-order chi connectivity index (χ0) is 27.3. The van der Waals surface area contributed by atoms with E-state index in [9.17, 15) is 14.4 Å². The largest absolute Gasteiger partial charge is 0.497 e. The SMILES string of the molecule is COc1ccc(C(=C2[C@H]3C=C[C@H]2[C@H]2C(=O)N(c4ccc(OC(C)=O)cc4)C(=O)[C@H]23)c2ccc(OC)cc2)cc1. The zero-order valence-corrected chi connectivity index (χ0v) is 21.8. The Bertz CT molecular complexity index is 1430. The second-order valence-corrected chi connectivity index (χ2v) is 9.87. The van der Waals surface area contributed by atoms with Crippen molar-refractivity contribution in [2.24, 2.45) is 23.7 Å². The second-order valence-electron chi connectivity index (χ2n) is 9.87. The highest BCUT2D eigenvalue weighted by atomic mass is 16.5. The monoisotopic (exact) mass is 521 g/mol. The van der Waals surface area contributed by atoms with Crippen LogP contribution < -0.4 is 19.1 Å². The Hall–Kier alpha value is -4.65. The molecule has 2 bridgehead atoms. The van der Waals surface area contributed by atoms with Crippen molar-refractivity contribution in [1.29, 1.82) is 0 Å². The van der Waals surface area contributed by atoms with Crippen LogP contribution in [0.1, 0.15) is 18.1 Å². The maximum Gasteiger partial charge on any atom is 0.308 e. The van der Waals surface area contributed by atoms with Crippen molar-refractivity contribution in [2.75, 3.05) is 19.1 Å². The molecule has 196 valence electrons. The Morgan fingerprint density at radius 3 is 1.51 bits per heavy atom. The zero-order valence-electron chi connectivity index (χ0n) is 21.8. The normalized spacial score (nSPS) is 22.7. The first-order valence-corrected chi connectivity index (χ1v) is 12.8. The quantitative estimate of drug-likeness (QED) is 0.195. The lowest BCUT2D eigenvalue weighted by atomic mass is 9.85. The molecule has 3 aromatic carbocycles. The van der Waals surface area contributed by atoms with Crippen LogP contribution in [0.15, 0.2) is 90.5 Å². The topological polar surface area (TPSA) is 82.1 Å². The van der Waals surface area contributed by atoms with Gasteiger partial charge in [-0.15, -0.1) is 0 Å². The summed E-state index contributed by atoms with van der Waals surface area (Å²) < 4.78 is 15.8. The summed E-state index contributed by atoms with van der Waals surface area (Å²) in [6.07, 6.45) is 4.15. The van der Waals surface area contributed by atoms with Gasteiger partial charge in [0.15, 0.2) is 0 Å². The van der Waals surface area contributed by atoms with Crippen molar-refractivity contribution in [3.63, 3.8) is 0 Å². The third-order valence-corrected chi connectivity index (χ3v) is 7.82. The van der Waals surface area contributed by atoms with E-state index in [1.807, 2.05) is 48.5 Å². The number of esters is 1. The molecule has 1 saturated heterocycles. The highest BCUT2D eigenvalue weighted by Crippen LogP contribution is 2.59. The summed E-state index contributed by atoms with van der Waals surface area (Å²) in [6, 6.07) is 22.2. The van der Waals surface area contributed by atoms with Gasteiger partial charge < -0.3 is 14.2 Å². The van der Waals surface area contributed by atoms with Gasteiger partial charge in [-0.1, -0.05) is 36.4 Å². The van der Waals surface area contributed by atoms with Crippen molar-refractivity contribution in [2.45, 2.75) is 6.92 Å². The van der Waals surface area contributed by atoms with Crippen LogP contribution in [-0.2, 0) is 14.4 Å². The minimum Gasteiger partial charge on any atom is -0.497 e. The number of hydrogen-bond donors (Lipinski definition) is 0. The summed E-state index contributed by atoms with van der Waals surface area (Å²) in [5.74, 6) is -0.304. The van der Waals surface area contributed by atoms with Gasteiger partial charge in [-0.2, -0.15) is 0 Å². The first-order valence-electron chi connectivity index (χ1n) is 12.8. The molecule has 3 aliphatic rings. The molecule has 0 aromatic heterocycles. The van der Waals surface area contributed by atoms with Crippen LogP contribution in [0.4, 0.5) is 5.69 Å². The van der Waals surface area contributed by atoms with E-state index < -0.39 is 17.8 Å². The molecule has 2 amide bonds. The lowest BCUT2D eigenvalue weighted by molar-refractivity contribution is -0.132. The fourth-order valence-electron chi connectivity index (χ4n) is 6.20. The summed E-state index contributed by atoms with van der Waals surface area (Å²) in [7, 11) is 3.26. The summed E-state index contributed by atoms with van der Waals surface area (Å²) in [4.78, 5) is 40.1. The van der Waals surface area contributed by atoms with Crippen LogP contribution in [-0.4, -0.2) is 32.0 Å². The Morgan fingerprint density at radius 2 is 1.10 bits per heavy atom. The van der Waals surface area contributed by atoms with Gasteiger partial charge >= 0.3 is 5.97 Å². The smallest absolute Gasteiger partial charge is 0.308 e. The van der Waals surface area contributed by atoms with Gasteiger partial charge in [0.2, 0.25) is 11.8 Å². The predicted octanol–water partition coefficient (Wildman–Crippen LogP) is 5.05. The van der Waals surface area contributed by atoms with Crippen LogP contribution in [0.3, 0.4) is 0 Å². The van der Waals surface area contributed by atoms with E-state index in [2.05, 4.69) is 12.2 Å². The molecule has 3 aromatic rings. The van der Waals surface area contributed by atoms with E-state index >= 15 is 0 Å². The third kappa shape index (κ3) is 4.02. The lowest BCUT2D eigenvalue weighted by Crippen LogP contribution is -2.33. The summed E-state index contributed by atoms with van der Waals surface area (Å²) in [6.45, 7) is 1.32. The highest BCUT2D eigenvalue weighted by Gasteiger charge is 2.62. The van der Waals surface area contributed by atoms with Gasteiger partial charge in [0.25, 0.3) is 0 Å². The van der Waals surface area contributed by atoms with Crippen LogP contribution in [0.25, 0.3) is 5.57 Å². The molecule has 2 fully saturated rings. The Balaban J connectivity index is 1.41. The molecule has 7 nitrogen and oxygen atoms in total. The molecule has 7 heteroatoms. The van der Waals surface area contributed by atoms with E-state index in [4.69, 9.17) is 14.2 Å². The first kappa shape index (κ1) is 24.7. The Labute approximate surface area is 226 Å². The number of hydrogen-bond acceptors (Lipinski definition) is 6. The molecule has 0 spiro atoms. The Morgan fingerprint density at radius 1 is 0.667 bits per heavy atom. The fourth-order valence-corrected chi connectivity index (χ4v) is 6.20. The van der Waals surface area contributed by atoms with Crippen molar-refractivity contribution < 1.29 is 28.6 Å². The molecule has 1 heterocycles. The van der Waals surface area contributed by atoms with Gasteiger partial charge in [0.1, 0.15) is 17.2 Å². The molecule has 1 saturated carbocycles. The maximum absolute atomic E-state index is 13.8. The standard InChI is InChI=1S/C32H27NO6/c1-18(34)39-24-14-8-21(9-15-24)33-31(35)29-25-16-17-26(30(29)32(33)36)28(25)27(19-4-10-22(37-2)11-5-19)20-6-12-23(38-3)13-7-20/h4-17,25-26,29-30H,1-3H3/t25-,26-,29-,30+/m1/s1. The molecule has 0 unspecified atom stereocenters. The Kier molecular flexibility index (Phi) is 6.06. The number of nitrogens with zero attached hydrogens (tertiary/aromatic N) is 1. The third-order valence-electron chi connectivity index (χ3n) is 7.82. The van der Waals surface area contributed by atoms with Gasteiger partial charge in [0, 0.05) is 18.8 Å². The summed E-state index contributed by atoms with van der Waals surface area (Å²) in [5, 5.41) is 0. The first-order chi connectivity index (χ1) is 18.9. The number of ether oxygens (including phenoxy) is 3. The van der Waals surface area contributed by atoms with Crippen LogP contribution in [0, 0.1) is 23.7 Å². The number of amides is 2. The lowest BCUT2D eigenvalue weighted by Gasteiger charge is -2.22. The highest BCUT2D eigenvalue weighted by molar-refractivity contribution is 6.23. The van der Waals surface area contributed by atoms with Crippen molar-refractivity contribution in [3.05, 3.63) is 102 Å². The van der Waals surface area contributed by atoms with E-state index in [-0.39, 0.29) is 23.7 Å². The molecule has 4 atom stereocenters. The van der Waals surface area contributed by atoms with Crippen molar-refractivity contribution >= 4 is 29.0 Å². The molecule has 39 heavy (non-hydrogen) atoms. The number of carbonyl (C=O) groups is 3. The minimum atomic E-state index is -0.470. The number of allylic oxidation sites excluding steroid dienone is 3. The number of methoxy groups -OCH3 is 2. The number of benzene rings is 3. The molecule has 0 N–H and O–H groups in total. The number of anilines is 1. The van der Waals surface area contributed by atoms with Crippen molar-refractivity contribution in [3.8, 4) is 17.2 Å². The average molecular weight is 522 g/mol. The van der Waals surface area contributed by atoms with Gasteiger partial charge in [-0.25, -0.2) is 4.90 Å². The molecular weight excluding hydrogens is 494 g/mol. The molecule has 0 radical (unpaired) electrons. The van der Waals surface area contributed by atoms with Crippen LogP contribution in [0.5, 0.6) is 17.2 Å². The fraction of sp³-hybridized carbons (Fsp3) is 0.219. The molecular formula is C32H27NO6. The van der Waals surface area contributed by atoms with E-state index in [0.29, 0.717) is 11.4 Å². The van der Waals surface area contributed by atoms with E-state index in [1.165, 1.54) is 11.8 Å². The minimum absolute atomic E-state index is 0.194. The maximum atomic E-state index is 13.8. The van der Waals surface area contributed by atoms with Crippen LogP contribution in [0.2, 0.25) is 0 Å². The average Bonchev–Trinajstić information content (AvgIpc) is 3.58. The summed E-state index contributed by atoms with van der Waals surface area (Å²) in [5.41, 5.74) is 4.57. The summed E-state index contributed by atoms with van der Waals surface area (Å²) >= 11 is 0. The van der Waals surface area contributed by atoms with Gasteiger partial charge in [-0.05, 0) is 70.8 Å². The number of rotatable bonds is 6.